The lowest BCUT2D eigenvalue weighted by atomic mass is 9.56. The van der Waals surface area contributed by atoms with Crippen molar-refractivity contribution in [2.45, 2.75) is 54.8 Å². The SMILES string of the molecule is CC(C)(C)N1C(=O)[C@H]2[C@H](CC=C3[C@H]2C[C@@]2(Cl)C(=O)N(CBr)C(=O)[C@@]2(Cl)[C@H]3c2c(O)ccc3ccccc23)C1=O. The maximum absolute atomic E-state index is 14.0. The standard InChI is InChI=1S/C29H27BrCl2N2O5/c1-27(2,3)34-23(36)17-10-9-16-18(20(17)24(34)37)12-28(31)25(38)33(13-30)26(39)29(28,32)22(16)21-15-7-5-4-6-14(15)8-11-19(21)35/h4-9,11,17-18,20,22,35H,10,12-13H2,1-3H3/t17-,18+,20-,22+,28+,29-/m0/s1. The first-order chi connectivity index (χ1) is 18.3. The van der Waals surface area contributed by atoms with Gasteiger partial charge < -0.3 is 5.11 Å². The Hall–Kier alpha value is -2.42. The molecule has 0 spiro atoms. The molecule has 0 aromatic heterocycles. The lowest BCUT2D eigenvalue weighted by molar-refractivity contribution is -0.146. The molecule has 2 saturated heterocycles. The fourth-order valence-electron chi connectivity index (χ4n) is 7.32. The number of aromatic hydroxyl groups is 1. The molecule has 1 N–H and O–H groups in total. The van der Waals surface area contributed by atoms with Crippen molar-refractivity contribution < 1.29 is 24.3 Å². The van der Waals surface area contributed by atoms with E-state index in [0.717, 1.165) is 10.3 Å². The highest BCUT2D eigenvalue weighted by molar-refractivity contribution is 9.09. The normalized spacial score (nSPS) is 34.4. The van der Waals surface area contributed by atoms with Crippen LogP contribution < -0.4 is 0 Å². The summed E-state index contributed by atoms with van der Waals surface area (Å²) >= 11 is 17.8. The van der Waals surface area contributed by atoms with Gasteiger partial charge in [-0.2, -0.15) is 0 Å². The minimum Gasteiger partial charge on any atom is -0.508 e. The third kappa shape index (κ3) is 3.28. The molecule has 0 radical (unpaired) electrons. The van der Waals surface area contributed by atoms with E-state index >= 15 is 0 Å². The molecule has 204 valence electrons. The van der Waals surface area contributed by atoms with E-state index in [4.69, 9.17) is 23.2 Å². The zero-order valence-corrected chi connectivity index (χ0v) is 24.7. The van der Waals surface area contributed by atoms with Crippen molar-refractivity contribution >= 4 is 73.5 Å². The average molecular weight is 634 g/mol. The minimum atomic E-state index is -1.97. The van der Waals surface area contributed by atoms with Crippen LogP contribution in [-0.2, 0) is 19.2 Å². The summed E-state index contributed by atoms with van der Waals surface area (Å²) in [6.07, 6.45) is 2.07. The fourth-order valence-corrected chi connectivity index (χ4v) is 8.73. The van der Waals surface area contributed by atoms with Crippen LogP contribution in [0.25, 0.3) is 10.8 Å². The molecule has 4 aliphatic rings. The van der Waals surface area contributed by atoms with Gasteiger partial charge in [-0.1, -0.05) is 57.9 Å². The van der Waals surface area contributed by atoms with Crippen LogP contribution in [0.1, 0.15) is 45.1 Å². The van der Waals surface area contributed by atoms with Gasteiger partial charge in [-0.3, -0.25) is 29.0 Å². The molecule has 4 amide bonds. The van der Waals surface area contributed by atoms with Crippen LogP contribution in [0.15, 0.2) is 48.0 Å². The van der Waals surface area contributed by atoms with Crippen LogP contribution >= 0.6 is 39.1 Å². The van der Waals surface area contributed by atoms with Gasteiger partial charge in [0.05, 0.1) is 17.3 Å². The number of amides is 4. The summed E-state index contributed by atoms with van der Waals surface area (Å²) in [4.78, 5) is 53.6. The zero-order chi connectivity index (χ0) is 28.2. The summed E-state index contributed by atoms with van der Waals surface area (Å²) in [5.74, 6) is -4.98. The third-order valence-electron chi connectivity index (χ3n) is 8.92. The molecule has 1 saturated carbocycles. The molecule has 6 rings (SSSR count). The van der Waals surface area contributed by atoms with Crippen molar-refractivity contribution in [1.29, 1.82) is 0 Å². The van der Waals surface area contributed by atoms with E-state index in [1.54, 1.807) is 12.1 Å². The highest BCUT2D eigenvalue weighted by atomic mass is 79.9. The summed E-state index contributed by atoms with van der Waals surface area (Å²) in [7, 11) is 0. The van der Waals surface area contributed by atoms with Crippen LogP contribution in [0.4, 0.5) is 0 Å². The Morgan fingerprint density at radius 3 is 2.36 bits per heavy atom. The molecule has 10 heteroatoms. The molecule has 2 aliphatic carbocycles. The Kier molecular flexibility index (Phi) is 5.87. The number of rotatable bonds is 2. The summed E-state index contributed by atoms with van der Waals surface area (Å²) < 4.78 is 0. The fraction of sp³-hybridized carbons (Fsp3) is 0.448. The van der Waals surface area contributed by atoms with Crippen LogP contribution in [0.5, 0.6) is 5.75 Å². The molecular weight excluding hydrogens is 607 g/mol. The second-order valence-corrected chi connectivity index (χ2v) is 13.6. The van der Waals surface area contributed by atoms with Crippen molar-refractivity contribution in [2.75, 3.05) is 5.45 Å². The van der Waals surface area contributed by atoms with E-state index in [0.29, 0.717) is 16.5 Å². The van der Waals surface area contributed by atoms with E-state index in [-0.39, 0.29) is 35.9 Å². The molecule has 39 heavy (non-hydrogen) atoms. The largest absolute Gasteiger partial charge is 0.508 e. The summed E-state index contributed by atoms with van der Waals surface area (Å²) in [5.41, 5.74) is 0.203. The molecular formula is C29H27BrCl2N2O5. The van der Waals surface area contributed by atoms with Gasteiger partial charge in [0.15, 0.2) is 9.75 Å². The quantitative estimate of drug-likeness (QED) is 0.216. The van der Waals surface area contributed by atoms with Gasteiger partial charge in [0.1, 0.15) is 5.75 Å². The highest BCUT2D eigenvalue weighted by Crippen LogP contribution is 2.66. The number of nitrogens with zero attached hydrogens (tertiary/aromatic N) is 2. The maximum atomic E-state index is 14.0. The molecule has 6 atom stereocenters. The van der Waals surface area contributed by atoms with Crippen molar-refractivity contribution in [3.8, 4) is 5.75 Å². The summed E-state index contributed by atoms with van der Waals surface area (Å²) in [6.45, 7) is 5.43. The lowest BCUT2D eigenvalue weighted by Gasteiger charge is -2.51. The number of carbonyl (C=O) groups is 4. The summed E-state index contributed by atoms with van der Waals surface area (Å²) in [6, 6.07) is 10.7. The Morgan fingerprint density at radius 1 is 1.00 bits per heavy atom. The van der Waals surface area contributed by atoms with Crippen molar-refractivity contribution in [1.82, 2.24) is 9.80 Å². The minimum absolute atomic E-state index is 0.0852. The maximum Gasteiger partial charge on any atom is 0.254 e. The Balaban J connectivity index is 1.63. The third-order valence-corrected chi connectivity index (χ3v) is 10.8. The first-order valence-corrected chi connectivity index (χ1v) is 14.8. The first-order valence-electron chi connectivity index (χ1n) is 12.9. The number of hydrogen-bond acceptors (Lipinski definition) is 5. The number of fused-ring (bicyclic) bond motifs is 5. The van der Waals surface area contributed by atoms with Gasteiger partial charge in [-0.25, -0.2) is 0 Å². The Labute approximate surface area is 244 Å². The molecule has 3 fully saturated rings. The topological polar surface area (TPSA) is 95.0 Å². The van der Waals surface area contributed by atoms with Gasteiger partial charge in [0.25, 0.3) is 11.8 Å². The average Bonchev–Trinajstić information content (AvgIpc) is 3.23. The van der Waals surface area contributed by atoms with Crippen LogP contribution in [0.3, 0.4) is 0 Å². The second kappa shape index (κ2) is 8.54. The van der Waals surface area contributed by atoms with Crippen molar-refractivity contribution in [3.63, 3.8) is 0 Å². The monoisotopic (exact) mass is 632 g/mol. The van der Waals surface area contributed by atoms with Crippen LogP contribution in [0.2, 0.25) is 0 Å². The number of hydrogen-bond donors (Lipinski definition) is 1. The van der Waals surface area contributed by atoms with Gasteiger partial charge in [-0.15, -0.1) is 23.2 Å². The van der Waals surface area contributed by atoms with Gasteiger partial charge in [0.2, 0.25) is 11.8 Å². The number of phenols is 1. The van der Waals surface area contributed by atoms with Crippen LogP contribution in [-0.4, -0.2) is 59.3 Å². The highest BCUT2D eigenvalue weighted by Gasteiger charge is 2.76. The number of allylic oxidation sites excluding steroid dienone is 2. The van der Waals surface area contributed by atoms with Gasteiger partial charge in [-0.05, 0) is 56.4 Å². The number of imide groups is 2. The number of benzene rings is 2. The summed E-state index contributed by atoms with van der Waals surface area (Å²) in [5, 5.41) is 12.8. The number of halogens is 3. The second-order valence-electron chi connectivity index (χ2n) is 11.9. The Bertz CT molecular complexity index is 1520. The number of likely N-dealkylation sites (tertiary alicyclic amines) is 2. The predicted molar refractivity (Wildman–Crippen MR) is 151 cm³/mol. The molecule has 2 heterocycles. The van der Waals surface area contributed by atoms with Crippen molar-refractivity contribution in [2.24, 2.45) is 17.8 Å². The van der Waals surface area contributed by atoms with E-state index in [1.807, 2.05) is 51.1 Å². The van der Waals surface area contributed by atoms with E-state index in [1.165, 1.54) is 4.90 Å². The van der Waals surface area contributed by atoms with E-state index < -0.39 is 50.8 Å². The van der Waals surface area contributed by atoms with E-state index in [2.05, 4.69) is 15.9 Å². The zero-order valence-electron chi connectivity index (χ0n) is 21.6. The smallest absolute Gasteiger partial charge is 0.254 e. The van der Waals surface area contributed by atoms with E-state index in [9.17, 15) is 24.3 Å². The van der Waals surface area contributed by atoms with Crippen molar-refractivity contribution in [3.05, 3.63) is 53.6 Å². The first kappa shape index (κ1) is 26.8. The number of carbonyl (C=O) groups excluding carboxylic acids is 4. The number of phenolic OH excluding ortho intramolecular Hbond substituents is 1. The van der Waals surface area contributed by atoms with Crippen LogP contribution in [0, 0.1) is 17.8 Å². The molecule has 2 aromatic rings. The molecule has 7 nitrogen and oxygen atoms in total. The molecule has 2 aliphatic heterocycles. The molecule has 2 aromatic carbocycles. The lowest BCUT2D eigenvalue weighted by Crippen LogP contribution is -2.60. The predicted octanol–water partition coefficient (Wildman–Crippen LogP) is 5.06. The van der Waals surface area contributed by atoms with Gasteiger partial charge in [0, 0.05) is 17.0 Å². The molecule has 0 bridgehead atoms. The molecule has 0 unspecified atom stereocenters. The number of alkyl halides is 3. The van der Waals surface area contributed by atoms with Gasteiger partial charge >= 0.3 is 0 Å². The Morgan fingerprint density at radius 2 is 1.69 bits per heavy atom.